The molecule has 0 spiro atoms. The van der Waals surface area contributed by atoms with Crippen LogP contribution in [0.3, 0.4) is 0 Å². The van der Waals surface area contributed by atoms with E-state index >= 15 is 0 Å². The van der Waals surface area contributed by atoms with Crippen LogP contribution in [-0.4, -0.2) is 22.9 Å². The Morgan fingerprint density at radius 1 is 1.67 bits per heavy atom. The molecular weight excluding hydrogens is 212 g/mol. The standard InChI is InChI=1S/C5H6ClF2NO2S/c6-3(7)4(8)12-1-2(9)5(10)11/h2H,1,9H2,(H,10,11)/b4-3-/t2-/m0/s1. The Labute approximate surface area is 76.6 Å². The van der Waals surface area contributed by atoms with Crippen molar-refractivity contribution in [2.75, 3.05) is 5.75 Å². The Balaban J connectivity index is 3.85. The van der Waals surface area contributed by atoms with E-state index in [1.165, 1.54) is 0 Å². The second-order valence-corrected chi connectivity index (χ2v) is 3.10. The molecule has 0 aliphatic heterocycles. The van der Waals surface area contributed by atoms with Crippen molar-refractivity contribution in [3.8, 4) is 0 Å². The number of carboxylic acid groups (broad SMARTS) is 1. The van der Waals surface area contributed by atoms with E-state index in [2.05, 4.69) is 11.6 Å². The molecule has 0 aromatic heterocycles. The Kier molecular flexibility index (Phi) is 5.19. The molecule has 0 heterocycles. The third-order valence-corrected chi connectivity index (χ3v) is 2.09. The summed E-state index contributed by atoms with van der Waals surface area (Å²) in [6, 6.07) is -1.23. The second kappa shape index (κ2) is 5.34. The fraction of sp³-hybridized carbons (Fsp3) is 0.400. The monoisotopic (exact) mass is 217 g/mol. The molecule has 0 aromatic carbocycles. The number of thioether (sulfide) groups is 1. The first-order valence-corrected chi connectivity index (χ1v) is 4.13. The molecule has 70 valence electrons. The summed E-state index contributed by atoms with van der Waals surface area (Å²) in [5.41, 5.74) is 4.99. The highest BCUT2D eigenvalue weighted by atomic mass is 35.5. The van der Waals surface area contributed by atoms with Crippen LogP contribution >= 0.6 is 23.4 Å². The van der Waals surface area contributed by atoms with Crippen LogP contribution in [0, 0.1) is 0 Å². The molecule has 0 rings (SSSR count). The lowest BCUT2D eigenvalue weighted by Gasteiger charge is -2.02. The van der Waals surface area contributed by atoms with E-state index in [4.69, 9.17) is 10.8 Å². The number of hydrogen-bond donors (Lipinski definition) is 2. The number of carboxylic acids is 1. The molecule has 0 saturated heterocycles. The SMILES string of the molecule is N[C@@H](CS/C(F)=C(\F)Cl)C(=O)O. The van der Waals surface area contributed by atoms with Gasteiger partial charge in [0.05, 0.1) is 0 Å². The molecule has 7 heteroatoms. The van der Waals surface area contributed by atoms with Crippen molar-refractivity contribution in [1.29, 1.82) is 0 Å². The lowest BCUT2D eigenvalue weighted by atomic mass is 10.4. The van der Waals surface area contributed by atoms with Crippen molar-refractivity contribution in [2.45, 2.75) is 6.04 Å². The lowest BCUT2D eigenvalue weighted by Crippen LogP contribution is -2.32. The zero-order valence-electron chi connectivity index (χ0n) is 5.76. The summed E-state index contributed by atoms with van der Waals surface area (Å²) in [6.07, 6.45) is 0. The van der Waals surface area contributed by atoms with E-state index in [-0.39, 0.29) is 5.75 Å². The molecule has 0 saturated carbocycles. The van der Waals surface area contributed by atoms with Gasteiger partial charge in [-0.2, -0.15) is 8.78 Å². The van der Waals surface area contributed by atoms with E-state index in [0.29, 0.717) is 11.8 Å². The van der Waals surface area contributed by atoms with Crippen LogP contribution in [0.2, 0.25) is 0 Å². The van der Waals surface area contributed by atoms with Crippen LogP contribution in [0.15, 0.2) is 10.4 Å². The highest BCUT2D eigenvalue weighted by Crippen LogP contribution is 2.24. The molecule has 3 nitrogen and oxygen atoms in total. The van der Waals surface area contributed by atoms with E-state index < -0.39 is 22.5 Å². The first-order chi connectivity index (χ1) is 5.45. The maximum Gasteiger partial charge on any atom is 0.321 e. The molecule has 0 fully saturated rings. The number of halogens is 3. The molecule has 0 bridgehead atoms. The Morgan fingerprint density at radius 3 is 2.50 bits per heavy atom. The molecule has 1 atom stereocenters. The van der Waals surface area contributed by atoms with Crippen LogP contribution in [-0.2, 0) is 4.79 Å². The van der Waals surface area contributed by atoms with Gasteiger partial charge in [0.2, 0.25) is 10.4 Å². The highest BCUT2D eigenvalue weighted by molar-refractivity contribution is 8.02. The number of hydrogen-bond acceptors (Lipinski definition) is 3. The summed E-state index contributed by atoms with van der Waals surface area (Å²) < 4.78 is 24.0. The maximum absolute atomic E-state index is 12.2. The number of carbonyl (C=O) groups is 1. The molecule has 12 heavy (non-hydrogen) atoms. The minimum atomic E-state index is -1.49. The van der Waals surface area contributed by atoms with Gasteiger partial charge in [-0.3, -0.25) is 4.79 Å². The van der Waals surface area contributed by atoms with Crippen molar-refractivity contribution >= 4 is 29.3 Å². The smallest absolute Gasteiger partial charge is 0.321 e. The summed E-state index contributed by atoms with van der Waals surface area (Å²) in [7, 11) is 0. The van der Waals surface area contributed by atoms with E-state index in [1.807, 2.05) is 0 Å². The molecule has 0 aromatic rings. The largest absolute Gasteiger partial charge is 0.480 e. The summed E-state index contributed by atoms with van der Waals surface area (Å²) >= 11 is 4.94. The van der Waals surface area contributed by atoms with Crippen LogP contribution in [0.1, 0.15) is 0 Å². The lowest BCUT2D eigenvalue weighted by molar-refractivity contribution is -0.137. The average Bonchev–Trinajstić information content (AvgIpc) is 1.98. The Bertz CT molecular complexity index is 208. The molecule has 0 radical (unpaired) electrons. The molecule has 0 unspecified atom stereocenters. The predicted octanol–water partition coefficient (Wildman–Crippen LogP) is 1.44. The molecule has 0 aliphatic rings. The van der Waals surface area contributed by atoms with Gasteiger partial charge in [0.15, 0.2) is 0 Å². The van der Waals surface area contributed by atoms with Crippen LogP contribution < -0.4 is 5.73 Å². The van der Waals surface area contributed by atoms with E-state index in [9.17, 15) is 13.6 Å². The van der Waals surface area contributed by atoms with Gasteiger partial charge in [-0.1, -0.05) is 11.8 Å². The zero-order valence-corrected chi connectivity index (χ0v) is 7.33. The van der Waals surface area contributed by atoms with Crippen molar-refractivity contribution in [2.24, 2.45) is 5.73 Å². The first kappa shape index (κ1) is 11.7. The third-order valence-electron chi connectivity index (χ3n) is 0.855. The minimum absolute atomic E-state index is 0.263. The molecule has 0 amide bonds. The quantitative estimate of drug-likeness (QED) is 0.748. The van der Waals surface area contributed by atoms with E-state index in [0.717, 1.165) is 0 Å². The summed E-state index contributed by atoms with van der Waals surface area (Å²) in [5.74, 6) is -1.54. The van der Waals surface area contributed by atoms with Crippen molar-refractivity contribution in [1.82, 2.24) is 0 Å². The molecule has 3 N–H and O–H groups in total. The van der Waals surface area contributed by atoms with Crippen LogP contribution in [0.25, 0.3) is 0 Å². The second-order valence-electron chi connectivity index (χ2n) is 1.79. The highest BCUT2D eigenvalue weighted by Gasteiger charge is 2.13. The Hall–Kier alpha value is -0.330. The third kappa shape index (κ3) is 4.53. The number of aliphatic carboxylic acids is 1. The van der Waals surface area contributed by atoms with Gasteiger partial charge in [-0.05, 0) is 11.6 Å². The number of nitrogens with two attached hydrogens (primary N) is 1. The van der Waals surface area contributed by atoms with Gasteiger partial charge in [-0.15, -0.1) is 0 Å². The minimum Gasteiger partial charge on any atom is -0.480 e. The van der Waals surface area contributed by atoms with Crippen LogP contribution in [0.5, 0.6) is 0 Å². The fourth-order valence-electron chi connectivity index (χ4n) is 0.289. The Morgan fingerprint density at radius 2 is 2.17 bits per heavy atom. The molecule has 0 aliphatic carbocycles. The fourth-order valence-corrected chi connectivity index (χ4v) is 1.03. The summed E-state index contributed by atoms with van der Waals surface area (Å²) in [6.45, 7) is 0. The van der Waals surface area contributed by atoms with Gasteiger partial charge < -0.3 is 10.8 Å². The summed E-state index contributed by atoms with van der Waals surface area (Å²) in [4.78, 5) is 10.1. The first-order valence-electron chi connectivity index (χ1n) is 2.77. The van der Waals surface area contributed by atoms with Crippen molar-refractivity contribution in [3.05, 3.63) is 10.4 Å². The van der Waals surface area contributed by atoms with Gasteiger partial charge in [0.1, 0.15) is 6.04 Å². The average molecular weight is 218 g/mol. The summed E-state index contributed by atoms with van der Waals surface area (Å²) in [5, 5.41) is 5.49. The van der Waals surface area contributed by atoms with Gasteiger partial charge in [0.25, 0.3) is 0 Å². The normalized spacial score (nSPS) is 15.3. The number of rotatable bonds is 4. The van der Waals surface area contributed by atoms with Crippen molar-refractivity contribution < 1.29 is 18.7 Å². The zero-order chi connectivity index (χ0) is 9.72. The van der Waals surface area contributed by atoms with E-state index in [1.54, 1.807) is 0 Å². The van der Waals surface area contributed by atoms with Crippen molar-refractivity contribution in [3.63, 3.8) is 0 Å². The topological polar surface area (TPSA) is 63.3 Å². The van der Waals surface area contributed by atoms with Gasteiger partial charge >= 0.3 is 5.97 Å². The van der Waals surface area contributed by atoms with Crippen LogP contribution in [0.4, 0.5) is 8.78 Å². The maximum atomic E-state index is 12.2. The van der Waals surface area contributed by atoms with Gasteiger partial charge in [0, 0.05) is 5.75 Å². The molecular formula is C5H6ClF2NO2S. The predicted molar refractivity (Wildman–Crippen MR) is 43.2 cm³/mol. The van der Waals surface area contributed by atoms with Gasteiger partial charge in [-0.25, -0.2) is 0 Å².